The van der Waals surface area contributed by atoms with Gasteiger partial charge in [0.2, 0.25) is 10.0 Å². The Kier molecular flexibility index (Phi) is 5.26. The van der Waals surface area contributed by atoms with Crippen molar-refractivity contribution in [2.45, 2.75) is 4.90 Å². The molecule has 1 heterocycles. The van der Waals surface area contributed by atoms with Gasteiger partial charge in [0.1, 0.15) is 0 Å². The van der Waals surface area contributed by atoms with Gasteiger partial charge in [-0.2, -0.15) is 4.31 Å². The third-order valence-electron chi connectivity index (χ3n) is 4.34. The molecule has 1 saturated heterocycles. The van der Waals surface area contributed by atoms with Crippen LogP contribution in [0.2, 0.25) is 0 Å². The Morgan fingerprint density at radius 1 is 1.04 bits per heavy atom. The summed E-state index contributed by atoms with van der Waals surface area (Å²) in [7, 11) is -1.61. The van der Waals surface area contributed by atoms with Crippen molar-refractivity contribution in [3.05, 3.63) is 54.1 Å². The molecule has 0 spiro atoms. The minimum Gasteiger partial charge on any atom is -0.399 e. The number of nitrogen functional groups attached to an aromatic ring is 1. The maximum atomic E-state index is 12.8. The molecular weight excluding hydrogens is 352 g/mol. The Labute approximate surface area is 153 Å². The lowest BCUT2D eigenvalue weighted by Gasteiger charge is -2.31. The maximum Gasteiger partial charge on any atom is 0.255 e. The Morgan fingerprint density at radius 3 is 2.42 bits per heavy atom. The highest BCUT2D eigenvalue weighted by molar-refractivity contribution is 7.89. The summed E-state index contributed by atoms with van der Waals surface area (Å²) in [6, 6.07) is 12.9. The van der Waals surface area contributed by atoms with Gasteiger partial charge in [-0.3, -0.25) is 4.79 Å². The van der Waals surface area contributed by atoms with E-state index in [1.807, 2.05) is 7.05 Å². The number of hydrogen-bond acceptors (Lipinski definition) is 5. The van der Waals surface area contributed by atoms with Crippen molar-refractivity contribution in [3.63, 3.8) is 0 Å². The molecule has 0 bridgehead atoms. The molecule has 0 saturated carbocycles. The third kappa shape index (κ3) is 4.04. The molecule has 7 nitrogen and oxygen atoms in total. The number of likely N-dealkylation sites (N-methyl/N-ethyl adjacent to an activating group) is 1. The largest absolute Gasteiger partial charge is 0.399 e. The number of carbonyl (C=O) groups excluding carboxylic acids is 1. The van der Waals surface area contributed by atoms with Gasteiger partial charge in [-0.05, 0) is 43.4 Å². The van der Waals surface area contributed by atoms with Crippen molar-refractivity contribution in [3.8, 4) is 0 Å². The Morgan fingerprint density at radius 2 is 1.73 bits per heavy atom. The summed E-state index contributed by atoms with van der Waals surface area (Å²) in [6.07, 6.45) is 0. The fourth-order valence-corrected chi connectivity index (χ4v) is 4.26. The highest BCUT2D eigenvalue weighted by Gasteiger charge is 2.27. The summed E-state index contributed by atoms with van der Waals surface area (Å²) in [5.41, 5.74) is 7.02. The molecule has 8 heteroatoms. The first-order valence-electron chi connectivity index (χ1n) is 8.32. The molecule has 0 atom stereocenters. The number of anilines is 2. The predicted molar refractivity (Wildman–Crippen MR) is 102 cm³/mol. The molecule has 0 radical (unpaired) electrons. The highest BCUT2D eigenvalue weighted by atomic mass is 32.2. The summed E-state index contributed by atoms with van der Waals surface area (Å²) in [5.74, 6) is -0.341. The molecule has 2 aromatic rings. The number of rotatable bonds is 4. The lowest BCUT2D eigenvalue weighted by molar-refractivity contribution is 0.102. The molecular formula is C18H22N4O3S. The monoisotopic (exact) mass is 374 g/mol. The van der Waals surface area contributed by atoms with E-state index in [-0.39, 0.29) is 10.8 Å². The van der Waals surface area contributed by atoms with Gasteiger partial charge in [-0.25, -0.2) is 8.42 Å². The number of benzene rings is 2. The second kappa shape index (κ2) is 7.45. The van der Waals surface area contributed by atoms with Crippen molar-refractivity contribution in [1.29, 1.82) is 0 Å². The predicted octanol–water partition coefficient (Wildman–Crippen LogP) is 1.46. The van der Waals surface area contributed by atoms with Gasteiger partial charge in [0.25, 0.3) is 5.91 Å². The number of piperazine rings is 1. The molecule has 0 aromatic heterocycles. The first kappa shape index (κ1) is 18.4. The van der Waals surface area contributed by atoms with Crippen molar-refractivity contribution >= 4 is 27.3 Å². The van der Waals surface area contributed by atoms with Gasteiger partial charge < -0.3 is 16.0 Å². The van der Waals surface area contributed by atoms with Gasteiger partial charge in [0.05, 0.1) is 4.90 Å². The SMILES string of the molecule is CN1CCN(S(=O)(=O)c2cccc(NC(=O)c3cccc(N)c3)c2)CC1. The van der Waals surface area contributed by atoms with Crippen LogP contribution in [0.4, 0.5) is 11.4 Å². The average molecular weight is 374 g/mol. The topological polar surface area (TPSA) is 95.7 Å². The van der Waals surface area contributed by atoms with Crippen LogP contribution >= 0.6 is 0 Å². The summed E-state index contributed by atoms with van der Waals surface area (Å²) >= 11 is 0. The van der Waals surface area contributed by atoms with Gasteiger partial charge in [-0.1, -0.05) is 12.1 Å². The molecule has 1 aliphatic rings. The zero-order chi connectivity index (χ0) is 18.7. The van der Waals surface area contributed by atoms with Crippen molar-refractivity contribution in [1.82, 2.24) is 9.21 Å². The fraction of sp³-hybridized carbons (Fsp3) is 0.278. The lowest BCUT2D eigenvalue weighted by Crippen LogP contribution is -2.47. The van der Waals surface area contributed by atoms with Gasteiger partial charge >= 0.3 is 0 Å². The molecule has 1 amide bonds. The number of carbonyl (C=O) groups is 1. The first-order chi connectivity index (χ1) is 12.4. The number of hydrogen-bond donors (Lipinski definition) is 2. The van der Waals surface area contributed by atoms with Gasteiger partial charge in [0.15, 0.2) is 0 Å². The first-order valence-corrected chi connectivity index (χ1v) is 9.76. The number of nitrogens with two attached hydrogens (primary N) is 1. The second-order valence-electron chi connectivity index (χ2n) is 6.31. The summed E-state index contributed by atoms with van der Waals surface area (Å²) in [4.78, 5) is 14.6. The van der Waals surface area contributed by atoms with E-state index in [0.29, 0.717) is 43.1 Å². The molecule has 1 aliphatic heterocycles. The number of nitrogens with one attached hydrogen (secondary N) is 1. The maximum absolute atomic E-state index is 12.8. The van der Waals surface area contributed by atoms with Crippen molar-refractivity contribution < 1.29 is 13.2 Å². The molecule has 3 rings (SSSR count). The highest BCUT2D eigenvalue weighted by Crippen LogP contribution is 2.21. The number of amides is 1. The standard InChI is InChI=1S/C18H22N4O3S/c1-21-8-10-22(11-9-21)26(24,25)17-7-3-6-16(13-17)20-18(23)14-4-2-5-15(19)12-14/h2-7,12-13H,8-11,19H2,1H3,(H,20,23). The fourth-order valence-electron chi connectivity index (χ4n) is 2.80. The van der Waals surface area contributed by atoms with E-state index < -0.39 is 10.0 Å². The Balaban J connectivity index is 1.78. The van der Waals surface area contributed by atoms with Gasteiger partial charge in [0, 0.05) is 43.1 Å². The minimum atomic E-state index is -3.58. The van der Waals surface area contributed by atoms with E-state index >= 15 is 0 Å². The van der Waals surface area contributed by atoms with Crippen LogP contribution < -0.4 is 11.1 Å². The van der Waals surface area contributed by atoms with E-state index in [4.69, 9.17) is 5.73 Å². The van der Waals surface area contributed by atoms with Crippen LogP contribution in [-0.4, -0.2) is 56.8 Å². The summed E-state index contributed by atoms with van der Waals surface area (Å²) in [5, 5.41) is 2.72. The number of sulfonamides is 1. The Hall–Kier alpha value is -2.42. The molecule has 0 unspecified atom stereocenters. The molecule has 1 fully saturated rings. The third-order valence-corrected chi connectivity index (χ3v) is 6.24. The van der Waals surface area contributed by atoms with Crippen LogP contribution in [0.15, 0.2) is 53.4 Å². The summed E-state index contributed by atoms with van der Waals surface area (Å²) in [6.45, 7) is 2.31. The van der Waals surface area contributed by atoms with E-state index in [2.05, 4.69) is 10.2 Å². The van der Waals surface area contributed by atoms with Crippen LogP contribution in [-0.2, 0) is 10.0 Å². The summed E-state index contributed by atoms with van der Waals surface area (Å²) < 4.78 is 27.1. The van der Waals surface area contributed by atoms with E-state index in [0.717, 1.165) is 0 Å². The minimum absolute atomic E-state index is 0.174. The van der Waals surface area contributed by atoms with Crippen molar-refractivity contribution in [2.24, 2.45) is 0 Å². The molecule has 3 N–H and O–H groups in total. The number of nitrogens with zero attached hydrogens (tertiary/aromatic N) is 2. The van der Waals surface area contributed by atoms with E-state index in [1.54, 1.807) is 42.5 Å². The lowest BCUT2D eigenvalue weighted by atomic mass is 10.2. The molecule has 26 heavy (non-hydrogen) atoms. The van der Waals surface area contributed by atoms with Crippen LogP contribution in [0.3, 0.4) is 0 Å². The van der Waals surface area contributed by atoms with Gasteiger partial charge in [-0.15, -0.1) is 0 Å². The Bertz CT molecular complexity index is 906. The van der Waals surface area contributed by atoms with Crippen LogP contribution in [0, 0.1) is 0 Å². The van der Waals surface area contributed by atoms with Crippen LogP contribution in [0.25, 0.3) is 0 Å². The zero-order valence-electron chi connectivity index (χ0n) is 14.6. The zero-order valence-corrected chi connectivity index (χ0v) is 15.4. The molecule has 0 aliphatic carbocycles. The van der Waals surface area contributed by atoms with Crippen LogP contribution in [0.1, 0.15) is 10.4 Å². The quantitative estimate of drug-likeness (QED) is 0.790. The van der Waals surface area contributed by atoms with Crippen molar-refractivity contribution in [2.75, 3.05) is 44.3 Å². The molecule has 138 valence electrons. The van der Waals surface area contributed by atoms with E-state index in [9.17, 15) is 13.2 Å². The molecule has 2 aromatic carbocycles. The normalized spacial score (nSPS) is 16.3. The van der Waals surface area contributed by atoms with Crippen LogP contribution in [0.5, 0.6) is 0 Å². The van der Waals surface area contributed by atoms with E-state index in [1.165, 1.54) is 10.4 Å². The average Bonchev–Trinajstić information content (AvgIpc) is 2.62. The smallest absolute Gasteiger partial charge is 0.255 e. The second-order valence-corrected chi connectivity index (χ2v) is 8.25.